The van der Waals surface area contributed by atoms with Crippen LogP contribution in [-0.4, -0.2) is 18.0 Å². The summed E-state index contributed by atoms with van der Waals surface area (Å²) in [6.45, 7) is 7.04. The summed E-state index contributed by atoms with van der Waals surface area (Å²) in [6.07, 6.45) is 3.59. The Morgan fingerprint density at radius 1 is 0.639 bits per heavy atom. The van der Waals surface area contributed by atoms with Gasteiger partial charge in [0.2, 0.25) is 0 Å². The molecule has 0 saturated carbocycles. The third-order valence-corrected chi connectivity index (χ3v) is 7.85. The van der Waals surface area contributed by atoms with Crippen molar-refractivity contribution in [3.8, 4) is 22.5 Å². The minimum atomic E-state index is -1.48. The topological polar surface area (TPSA) is 38.9 Å². The van der Waals surface area contributed by atoms with Crippen molar-refractivity contribution in [1.82, 2.24) is 9.97 Å². The van der Waals surface area contributed by atoms with E-state index in [1.165, 1.54) is 10.6 Å². The Balaban J connectivity index is 0.000000198. The van der Waals surface area contributed by atoms with Crippen molar-refractivity contribution in [3.05, 3.63) is 116 Å². The summed E-state index contributed by atoms with van der Waals surface area (Å²) in [5.41, 5.74) is 5.74. The number of nitrogens with zero attached hydrogens (tertiary/aromatic N) is 2. The van der Waals surface area contributed by atoms with E-state index in [9.17, 15) is 0 Å². The van der Waals surface area contributed by atoms with Crippen LogP contribution in [0.4, 0.5) is 0 Å². The van der Waals surface area contributed by atoms with Gasteiger partial charge in [0.1, 0.15) is 5.58 Å². The van der Waals surface area contributed by atoms with E-state index < -0.39 is 8.07 Å². The number of rotatable bonds is 3. The van der Waals surface area contributed by atoms with Crippen molar-refractivity contribution in [2.24, 2.45) is 0 Å². The first-order chi connectivity index (χ1) is 17.0. The average molecular weight is 663 g/mol. The number of hydrogen-bond donors (Lipinski definition) is 0. The van der Waals surface area contributed by atoms with E-state index in [2.05, 4.69) is 66.0 Å². The van der Waals surface area contributed by atoms with Gasteiger partial charge in [-0.15, -0.1) is 54.1 Å². The predicted molar refractivity (Wildman–Crippen MR) is 147 cm³/mol. The molecule has 0 fully saturated rings. The van der Waals surface area contributed by atoms with Crippen LogP contribution in [0.3, 0.4) is 0 Å². The van der Waals surface area contributed by atoms with Crippen molar-refractivity contribution in [1.29, 1.82) is 0 Å². The number of pyridine rings is 2. The number of furan rings is 1. The molecule has 0 saturated heterocycles. The van der Waals surface area contributed by atoms with Gasteiger partial charge >= 0.3 is 0 Å². The van der Waals surface area contributed by atoms with Gasteiger partial charge in [-0.1, -0.05) is 73.1 Å². The van der Waals surface area contributed by atoms with Crippen LogP contribution < -0.4 is 5.19 Å². The standard InChI is InChI=1S/C20H18NOSi.C11H8N.Ir/c1-23(2,3)18-12-7-9-15-14-8-6-10-16(19(14)22-20(15)18)17-11-4-5-13-21-17;1-2-6-10(7-3-1)11-8-4-5-9-12-11;/h4-9,11-13H,1-3H3;1-6,8-9H;/q2*-1;. The smallest absolute Gasteiger partial charge is 0.120 e. The SMILES string of the molecule is C[Si](C)(C)c1cccc2c1oc1c(-c3ccccn3)[c-]ccc12.[Ir].[c-]1ccccc1-c1ccccn1. The largest absolute Gasteiger partial charge is 0.501 e. The first kappa shape index (κ1) is 25.7. The molecule has 1 radical (unpaired) electrons. The number of benzene rings is 3. The molecule has 0 atom stereocenters. The van der Waals surface area contributed by atoms with E-state index in [1.807, 2.05) is 66.7 Å². The van der Waals surface area contributed by atoms with Crippen LogP contribution in [0.25, 0.3) is 44.5 Å². The van der Waals surface area contributed by atoms with E-state index in [0.29, 0.717) is 0 Å². The molecule has 6 aromatic rings. The molecule has 3 heterocycles. The molecule has 0 aliphatic heterocycles. The molecular formula is C31H26IrN2OSi-2. The van der Waals surface area contributed by atoms with Crippen molar-refractivity contribution in [2.45, 2.75) is 19.6 Å². The van der Waals surface area contributed by atoms with Crippen LogP contribution in [0.1, 0.15) is 0 Å². The fraction of sp³-hybridized carbons (Fsp3) is 0.0968. The third kappa shape index (κ3) is 5.39. The summed E-state index contributed by atoms with van der Waals surface area (Å²) >= 11 is 0. The maximum absolute atomic E-state index is 6.36. The summed E-state index contributed by atoms with van der Waals surface area (Å²) in [5.74, 6) is 0. The second kappa shape index (κ2) is 11.1. The summed E-state index contributed by atoms with van der Waals surface area (Å²) in [7, 11) is -1.48. The van der Waals surface area contributed by atoms with E-state index in [4.69, 9.17) is 4.42 Å². The van der Waals surface area contributed by atoms with Crippen molar-refractivity contribution in [3.63, 3.8) is 0 Å². The maximum Gasteiger partial charge on any atom is 0.120 e. The maximum atomic E-state index is 6.36. The Morgan fingerprint density at radius 3 is 1.97 bits per heavy atom. The van der Waals surface area contributed by atoms with Gasteiger partial charge in [-0.05, 0) is 28.7 Å². The van der Waals surface area contributed by atoms with E-state index in [1.54, 1.807) is 12.4 Å². The normalized spacial score (nSPS) is 11.0. The second-order valence-electron chi connectivity index (χ2n) is 9.34. The molecule has 36 heavy (non-hydrogen) atoms. The molecule has 0 amide bonds. The van der Waals surface area contributed by atoms with Crippen LogP contribution in [0.5, 0.6) is 0 Å². The number of para-hydroxylation sites is 1. The number of hydrogen-bond acceptors (Lipinski definition) is 3. The van der Waals surface area contributed by atoms with Gasteiger partial charge < -0.3 is 14.4 Å². The van der Waals surface area contributed by atoms with Crippen LogP contribution in [0.15, 0.2) is 108 Å². The quantitative estimate of drug-likeness (QED) is 0.145. The van der Waals surface area contributed by atoms with Gasteiger partial charge in [-0.2, -0.15) is 0 Å². The van der Waals surface area contributed by atoms with E-state index >= 15 is 0 Å². The molecular weight excluding hydrogens is 637 g/mol. The van der Waals surface area contributed by atoms with Crippen LogP contribution in [0, 0.1) is 12.1 Å². The molecule has 5 heteroatoms. The van der Waals surface area contributed by atoms with Crippen LogP contribution in [-0.2, 0) is 20.1 Å². The summed E-state index contributed by atoms with van der Waals surface area (Å²) in [5, 5.41) is 3.68. The van der Waals surface area contributed by atoms with Crippen LogP contribution >= 0.6 is 0 Å². The molecule has 0 unspecified atom stereocenters. The first-order valence-corrected chi connectivity index (χ1v) is 15.2. The summed E-state index contributed by atoms with van der Waals surface area (Å²) in [6, 6.07) is 36.6. The van der Waals surface area contributed by atoms with E-state index in [0.717, 1.165) is 39.1 Å². The summed E-state index contributed by atoms with van der Waals surface area (Å²) in [4.78, 5) is 8.68. The zero-order chi connectivity index (χ0) is 24.3. The molecule has 0 aliphatic carbocycles. The molecule has 6 rings (SSSR count). The monoisotopic (exact) mass is 663 g/mol. The summed E-state index contributed by atoms with van der Waals surface area (Å²) < 4.78 is 6.36. The van der Waals surface area contributed by atoms with Crippen molar-refractivity contribution >= 4 is 35.2 Å². The fourth-order valence-electron chi connectivity index (χ4n) is 4.13. The molecule has 0 bridgehead atoms. The molecule has 0 aliphatic rings. The Bertz CT molecular complexity index is 1520. The first-order valence-electron chi connectivity index (χ1n) is 11.7. The van der Waals surface area contributed by atoms with Gasteiger partial charge in [0.25, 0.3) is 0 Å². The van der Waals surface area contributed by atoms with Gasteiger partial charge in [0.05, 0.1) is 13.7 Å². The Morgan fingerprint density at radius 2 is 1.33 bits per heavy atom. The van der Waals surface area contributed by atoms with Crippen molar-refractivity contribution in [2.75, 3.05) is 0 Å². The molecule has 3 aromatic carbocycles. The fourth-order valence-corrected chi connectivity index (χ4v) is 5.59. The predicted octanol–water partition coefficient (Wildman–Crippen LogP) is 7.54. The van der Waals surface area contributed by atoms with Gasteiger partial charge in [0.15, 0.2) is 0 Å². The molecule has 0 N–H and O–H groups in total. The van der Waals surface area contributed by atoms with E-state index in [-0.39, 0.29) is 20.1 Å². The third-order valence-electron chi connectivity index (χ3n) is 5.84. The minimum absolute atomic E-state index is 0. The number of fused-ring (bicyclic) bond motifs is 3. The zero-order valence-electron chi connectivity index (χ0n) is 20.5. The molecule has 3 aromatic heterocycles. The van der Waals surface area contributed by atoms with Crippen molar-refractivity contribution < 1.29 is 24.5 Å². The van der Waals surface area contributed by atoms with Gasteiger partial charge in [-0.25, -0.2) is 0 Å². The minimum Gasteiger partial charge on any atom is -0.501 e. The second-order valence-corrected chi connectivity index (χ2v) is 14.4. The average Bonchev–Trinajstić information content (AvgIpc) is 3.29. The molecule has 181 valence electrons. The van der Waals surface area contributed by atoms with Crippen LogP contribution in [0.2, 0.25) is 19.6 Å². The number of aromatic nitrogens is 2. The zero-order valence-corrected chi connectivity index (χ0v) is 23.8. The Labute approximate surface area is 226 Å². The van der Waals surface area contributed by atoms with Gasteiger partial charge in [-0.3, -0.25) is 0 Å². The molecule has 0 spiro atoms. The Hall–Kier alpha value is -3.37. The molecule has 3 nitrogen and oxygen atoms in total. The van der Waals surface area contributed by atoms with Gasteiger partial charge in [0, 0.05) is 37.9 Å². The Kier molecular flexibility index (Phi) is 7.95.